The van der Waals surface area contributed by atoms with Crippen molar-refractivity contribution >= 4 is 28.3 Å². The third-order valence-corrected chi connectivity index (χ3v) is 3.71. The highest BCUT2D eigenvalue weighted by Gasteiger charge is 2.17. The molecule has 1 aromatic carbocycles. The van der Waals surface area contributed by atoms with Crippen LogP contribution in [0.5, 0.6) is 0 Å². The predicted octanol–water partition coefficient (Wildman–Crippen LogP) is 2.93. The number of terminal acetylenes is 1. The fraction of sp³-hybridized carbons (Fsp3) is 0.118. The van der Waals surface area contributed by atoms with Gasteiger partial charge in [0.25, 0.3) is 0 Å². The van der Waals surface area contributed by atoms with Crippen LogP contribution in [0.1, 0.15) is 5.69 Å². The quantitative estimate of drug-likeness (QED) is 0.743. The topological polar surface area (TPSA) is 59.8 Å². The number of anilines is 1. The molecule has 0 radical (unpaired) electrons. The molecule has 0 amide bonds. The molecule has 0 fully saturated rings. The molecule has 120 valence electrons. The number of fused-ring (bicyclic) bond motifs is 1. The molecule has 0 bridgehead atoms. The second-order valence-corrected chi connectivity index (χ2v) is 5.46. The van der Waals surface area contributed by atoms with Gasteiger partial charge >= 0.3 is 5.69 Å². The van der Waals surface area contributed by atoms with Crippen LogP contribution >= 0.6 is 11.6 Å². The van der Waals surface area contributed by atoms with Gasteiger partial charge in [-0.05, 0) is 31.2 Å². The number of hydrogen-bond donors (Lipinski definition) is 1. The number of hydrogen-bond acceptors (Lipinski definition) is 4. The Kier molecular flexibility index (Phi) is 4.19. The Balaban J connectivity index is 2.44. The molecule has 5 nitrogen and oxygen atoms in total. The van der Waals surface area contributed by atoms with Crippen molar-refractivity contribution in [1.29, 1.82) is 0 Å². The summed E-state index contributed by atoms with van der Waals surface area (Å²) in [7, 11) is 0. The van der Waals surface area contributed by atoms with Crippen molar-refractivity contribution in [3.8, 4) is 18.0 Å². The van der Waals surface area contributed by atoms with E-state index in [0.717, 1.165) is 6.07 Å². The maximum Gasteiger partial charge on any atom is 0.354 e. The van der Waals surface area contributed by atoms with E-state index in [4.69, 9.17) is 18.0 Å². The van der Waals surface area contributed by atoms with Crippen molar-refractivity contribution in [1.82, 2.24) is 14.5 Å². The molecule has 3 rings (SSSR count). The first kappa shape index (κ1) is 16.0. The van der Waals surface area contributed by atoms with Crippen LogP contribution in [0.3, 0.4) is 0 Å². The molecule has 0 aliphatic carbocycles. The summed E-state index contributed by atoms with van der Waals surface area (Å²) in [5.41, 5.74) is 0.813. The van der Waals surface area contributed by atoms with Crippen molar-refractivity contribution in [3.05, 3.63) is 57.5 Å². The highest BCUT2D eigenvalue weighted by Crippen LogP contribution is 2.28. The van der Waals surface area contributed by atoms with E-state index in [-0.39, 0.29) is 28.3 Å². The van der Waals surface area contributed by atoms with E-state index in [1.807, 2.05) is 0 Å². The van der Waals surface area contributed by atoms with Gasteiger partial charge in [-0.2, -0.15) is 4.98 Å². The number of pyridine rings is 1. The molecule has 0 unspecified atom stereocenters. The Morgan fingerprint density at radius 2 is 2.25 bits per heavy atom. The first-order valence-electron chi connectivity index (χ1n) is 7.04. The lowest BCUT2D eigenvalue weighted by Crippen LogP contribution is -2.25. The zero-order valence-electron chi connectivity index (χ0n) is 12.7. The van der Waals surface area contributed by atoms with Gasteiger partial charge in [0.05, 0.1) is 28.8 Å². The lowest BCUT2D eigenvalue weighted by molar-refractivity contribution is 0.638. The Morgan fingerprint density at radius 3 is 2.96 bits per heavy atom. The number of aromatic nitrogens is 3. The van der Waals surface area contributed by atoms with E-state index in [2.05, 4.69) is 21.2 Å². The van der Waals surface area contributed by atoms with E-state index >= 15 is 0 Å². The molecule has 0 aliphatic rings. The standard InChI is InChI=1S/C17H12ClFN4O/c1-3-6-21-16-15-12(19)8-11(18)9-14(15)23(17(24)22-16)13-5-4-7-20-10(13)2/h1,4-5,7-9H,6H2,2H3,(H,21,22,24). The molecular weight excluding hydrogens is 331 g/mol. The molecule has 2 aromatic heterocycles. The first-order valence-corrected chi connectivity index (χ1v) is 7.42. The molecule has 0 saturated heterocycles. The summed E-state index contributed by atoms with van der Waals surface area (Å²) in [4.78, 5) is 20.7. The largest absolute Gasteiger partial charge is 0.358 e. The van der Waals surface area contributed by atoms with Crippen LogP contribution in [0.25, 0.3) is 16.6 Å². The van der Waals surface area contributed by atoms with E-state index in [0.29, 0.717) is 11.4 Å². The zero-order chi connectivity index (χ0) is 17.3. The molecule has 1 N–H and O–H groups in total. The molecule has 3 aromatic rings. The summed E-state index contributed by atoms with van der Waals surface area (Å²) >= 11 is 5.99. The van der Waals surface area contributed by atoms with E-state index in [1.165, 1.54) is 10.6 Å². The van der Waals surface area contributed by atoms with Crippen molar-refractivity contribution < 1.29 is 4.39 Å². The number of halogens is 2. The SMILES string of the molecule is C#CCNc1nc(=O)n(-c2cccnc2C)c2cc(Cl)cc(F)c12. The average molecular weight is 343 g/mol. The number of nitrogens with zero attached hydrogens (tertiary/aromatic N) is 3. The van der Waals surface area contributed by atoms with Crippen LogP contribution in [-0.2, 0) is 0 Å². The molecule has 0 saturated carbocycles. The summed E-state index contributed by atoms with van der Waals surface area (Å²) in [6.07, 6.45) is 6.82. The predicted molar refractivity (Wildman–Crippen MR) is 92.2 cm³/mol. The molecule has 0 aliphatic heterocycles. The Bertz CT molecular complexity index is 1040. The summed E-state index contributed by atoms with van der Waals surface area (Å²) in [6, 6.07) is 6.07. The monoisotopic (exact) mass is 342 g/mol. The third-order valence-electron chi connectivity index (χ3n) is 3.49. The summed E-state index contributed by atoms with van der Waals surface area (Å²) in [5.74, 6) is 1.85. The van der Waals surface area contributed by atoms with Gasteiger partial charge in [0, 0.05) is 11.2 Å². The van der Waals surface area contributed by atoms with Gasteiger partial charge in [-0.3, -0.25) is 9.55 Å². The van der Waals surface area contributed by atoms with Crippen LogP contribution in [0.15, 0.2) is 35.3 Å². The Labute approximate surface area is 142 Å². The highest BCUT2D eigenvalue weighted by atomic mass is 35.5. The van der Waals surface area contributed by atoms with Gasteiger partial charge in [-0.25, -0.2) is 9.18 Å². The van der Waals surface area contributed by atoms with Gasteiger partial charge in [0.15, 0.2) is 0 Å². The molecule has 0 atom stereocenters. The van der Waals surface area contributed by atoms with Crippen molar-refractivity contribution in [2.75, 3.05) is 11.9 Å². The summed E-state index contributed by atoms with van der Waals surface area (Å²) in [6.45, 7) is 1.86. The third kappa shape index (κ3) is 2.70. The van der Waals surface area contributed by atoms with Crippen molar-refractivity contribution in [2.45, 2.75) is 6.92 Å². The normalized spacial score (nSPS) is 10.6. The summed E-state index contributed by atoms with van der Waals surface area (Å²) in [5, 5.41) is 3.08. The summed E-state index contributed by atoms with van der Waals surface area (Å²) < 4.78 is 15.8. The van der Waals surface area contributed by atoms with Crippen LogP contribution in [0.2, 0.25) is 5.02 Å². The molecule has 24 heavy (non-hydrogen) atoms. The van der Waals surface area contributed by atoms with E-state index in [9.17, 15) is 9.18 Å². The van der Waals surface area contributed by atoms with E-state index < -0.39 is 11.5 Å². The first-order chi connectivity index (χ1) is 11.5. The van der Waals surface area contributed by atoms with Crippen LogP contribution in [-0.4, -0.2) is 21.1 Å². The minimum absolute atomic E-state index is 0.0833. The number of rotatable bonds is 3. The zero-order valence-corrected chi connectivity index (χ0v) is 13.4. The second kappa shape index (κ2) is 6.30. The maximum absolute atomic E-state index is 14.5. The molecule has 2 heterocycles. The lowest BCUT2D eigenvalue weighted by Gasteiger charge is -2.15. The van der Waals surface area contributed by atoms with Crippen LogP contribution < -0.4 is 11.0 Å². The molecular formula is C17H12ClFN4O. The highest BCUT2D eigenvalue weighted by molar-refractivity contribution is 6.31. The van der Waals surface area contributed by atoms with Gasteiger partial charge in [-0.1, -0.05) is 17.5 Å². The van der Waals surface area contributed by atoms with Gasteiger partial charge in [0.2, 0.25) is 0 Å². The van der Waals surface area contributed by atoms with Crippen LogP contribution in [0.4, 0.5) is 10.2 Å². The number of nitrogens with one attached hydrogen (secondary N) is 1. The number of aryl methyl sites for hydroxylation is 1. The van der Waals surface area contributed by atoms with Crippen LogP contribution in [0, 0.1) is 25.1 Å². The fourth-order valence-corrected chi connectivity index (χ4v) is 2.68. The van der Waals surface area contributed by atoms with Gasteiger partial charge < -0.3 is 5.32 Å². The maximum atomic E-state index is 14.5. The average Bonchev–Trinajstić information content (AvgIpc) is 2.53. The van der Waals surface area contributed by atoms with E-state index in [1.54, 1.807) is 25.3 Å². The number of benzene rings is 1. The minimum atomic E-state index is -0.597. The van der Waals surface area contributed by atoms with Gasteiger partial charge in [0.1, 0.15) is 11.6 Å². The Hall–Kier alpha value is -2.91. The van der Waals surface area contributed by atoms with Gasteiger partial charge in [-0.15, -0.1) is 6.42 Å². The molecule has 0 spiro atoms. The molecule has 7 heteroatoms. The minimum Gasteiger partial charge on any atom is -0.358 e. The van der Waals surface area contributed by atoms with Crippen molar-refractivity contribution in [3.63, 3.8) is 0 Å². The van der Waals surface area contributed by atoms with Crippen molar-refractivity contribution in [2.24, 2.45) is 0 Å². The lowest BCUT2D eigenvalue weighted by atomic mass is 10.2. The Morgan fingerprint density at radius 1 is 1.46 bits per heavy atom. The smallest absolute Gasteiger partial charge is 0.354 e. The second-order valence-electron chi connectivity index (χ2n) is 5.03. The fourth-order valence-electron chi connectivity index (χ4n) is 2.48.